The number of anilines is 1. The number of aromatic nitrogens is 1. The molecular weight excluding hydrogens is 556 g/mol. The second-order valence-corrected chi connectivity index (χ2v) is 8.53. The molecule has 3 aromatic carbocycles. The van der Waals surface area contributed by atoms with Crippen molar-refractivity contribution < 1.29 is 28.3 Å². The van der Waals surface area contributed by atoms with Crippen LogP contribution in [-0.4, -0.2) is 23.4 Å². The molecule has 40 heavy (non-hydrogen) atoms. The molecule has 1 aromatic heterocycles. The highest BCUT2D eigenvalue weighted by atomic mass is 32.2. The van der Waals surface area contributed by atoms with E-state index in [1.807, 2.05) is 75.4 Å². The van der Waals surface area contributed by atoms with E-state index in [4.69, 9.17) is 13.5 Å². The first-order chi connectivity index (χ1) is 18.9. The average molecular weight is 587 g/mol. The number of carbonyl (C=O) groups excluding carboxylic acids is 1. The third-order valence-electron chi connectivity index (χ3n) is 5.15. The van der Waals surface area contributed by atoms with Crippen LogP contribution >= 0.6 is 25.7 Å². The first kappa shape index (κ1) is 32.0. The standard InChI is InChI=1S/C25H22N4O7S.C2H6.H2S/c1-17-23(24(26-35-17)20-8-4-3-5-9-20)19-11-13-21(14-12-19)28(2)37-36-27-25(30)34-22-10-6-7-18(15-22)16-33-29(31)32;1-2;/h3-15H,16H2,1-2H3,(H,27,30);1-2H3;1H2. The van der Waals surface area contributed by atoms with Gasteiger partial charge < -0.3 is 14.1 Å². The number of hydrogen-bond donors (Lipinski definition) is 1. The second-order valence-electron chi connectivity index (χ2n) is 7.67. The monoisotopic (exact) mass is 586 g/mol. The number of nitrogens with one attached hydrogen (secondary N) is 1. The number of nitrogens with zero attached hydrogens (tertiary/aromatic N) is 3. The zero-order valence-corrected chi connectivity index (χ0v) is 24.1. The Hall–Kier alpha value is -4.20. The third kappa shape index (κ3) is 8.93. The van der Waals surface area contributed by atoms with Crippen molar-refractivity contribution in [3.05, 3.63) is 100 Å². The molecule has 0 aliphatic heterocycles. The number of benzene rings is 3. The van der Waals surface area contributed by atoms with Gasteiger partial charge in [-0.1, -0.05) is 73.6 Å². The fourth-order valence-corrected chi connectivity index (χ4v) is 3.87. The predicted molar refractivity (Wildman–Crippen MR) is 158 cm³/mol. The maximum Gasteiger partial charge on any atom is 0.437 e. The largest absolute Gasteiger partial charge is 0.437 e. The SMILES string of the molecule is CC.Cc1onc(-c2ccccc2)c1-c1ccc(N(C)SONC(=O)Oc2cccc(CO[N+](=O)[O-])c2)cc1.S. The molecule has 11 nitrogen and oxygen atoms in total. The highest BCUT2D eigenvalue weighted by Crippen LogP contribution is 2.35. The van der Waals surface area contributed by atoms with Crippen LogP contribution in [0, 0.1) is 17.0 Å². The molecule has 0 unspecified atom stereocenters. The van der Waals surface area contributed by atoms with Gasteiger partial charge in [0.05, 0.1) is 5.56 Å². The van der Waals surface area contributed by atoms with Crippen LogP contribution in [-0.2, 0) is 15.7 Å². The number of rotatable bonds is 10. The van der Waals surface area contributed by atoms with E-state index in [9.17, 15) is 14.9 Å². The van der Waals surface area contributed by atoms with Crippen molar-refractivity contribution in [2.24, 2.45) is 0 Å². The fraction of sp³-hybridized carbons (Fsp3) is 0.185. The number of hydroxylamine groups is 1. The lowest BCUT2D eigenvalue weighted by Crippen LogP contribution is -2.26. The molecule has 0 atom stereocenters. The minimum Gasteiger partial charge on any atom is -0.409 e. The van der Waals surface area contributed by atoms with E-state index in [1.165, 1.54) is 12.1 Å². The summed E-state index contributed by atoms with van der Waals surface area (Å²) in [6, 6.07) is 23.7. The Bertz CT molecular complexity index is 1370. The molecule has 4 aromatic rings. The molecule has 0 saturated carbocycles. The van der Waals surface area contributed by atoms with Crippen LogP contribution in [0.15, 0.2) is 83.4 Å². The molecule has 1 heterocycles. The van der Waals surface area contributed by atoms with Gasteiger partial charge >= 0.3 is 6.09 Å². The van der Waals surface area contributed by atoms with Crippen molar-refractivity contribution in [2.75, 3.05) is 11.4 Å². The van der Waals surface area contributed by atoms with Crippen LogP contribution in [0.2, 0.25) is 0 Å². The fourth-order valence-electron chi connectivity index (χ4n) is 3.45. The molecular formula is C27H30N4O7S2. The molecule has 0 saturated heterocycles. The molecule has 0 bridgehead atoms. The van der Waals surface area contributed by atoms with Gasteiger partial charge in [-0.15, -0.1) is 10.1 Å². The van der Waals surface area contributed by atoms with Crippen LogP contribution < -0.4 is 14.5 Å². The van der Waals surface area contributed by atoms with Gasteiger partial charge in [0.2, 0.25) is 0 Å². The van der Waals surface area contributed by atoms with Gasteiger partial charge in [0.15, 0.2) is 0 Å². The van der Waals surface area contributed by atoms with Crippen LogP contribution in [0.25, 0.3) is 22.4 Å². The summed E-state index contributed by atoms with van der Waals surface area (Å²) in [5.74, 6) is 0.898. The van der Waals surface area contributed by atoms with E-state index in [-0.39, 0.29) is 25.9 Å². The quantitative estimate of drug-likeness (QED) is 0.0908. The maximum atomic E-state index is 12.0. The average Bonchev–Trinajstić information content (AvgIpc) is 3.35. The summed E-state index contributed by atoms with van der Waals surface area (Å²) in [4.78, 5) is 26.6. The van der Waals surface area contributed by atoms with E-state index < -0.39 is 11.2 Å². The predicted octanol–water partition coefficient (Wildman–Crippen LogP) is 6.88. The summed E-state index contributed by atoms with van der Waals surface area (Å²) in [5.41, 5.74) is 7.07. The van der Waals surface area contributed by atoms with Crippen LogP contribution in [0.1, 0.15) is 25.2 Å². The molecule has 1 amide bonds. The van der Waals surface area contributed by atoms with Crippen LogP contribution in [0.4, 0.5) is 10.5 Å². The number of aryl methyl sites for hydroxylation is 1. The summed E-state index contributed by atoms with van der Waals surface area (Å²) in [6.45, 7) is 5.62. The molecule has 0 radical (unpaired) electrons. The van der Waals surface area contributed by atoms with Crippen molar-refractivity contribution in [3.63, 3.8) is 0 Å². The van der Waals surface area contributed by atoms with Crippen LogP contribution in [0.5, 0.6) is 5.75 Å². The van der Waals surface area contributed by atoms with Gasteiger partial charge in [-0.05, 0) is 42.3 Å². The highest BCUT2D eigenvalue weighted by molar-refractivity contribution is 7.96. The molecule has 212 valence electrons. The summed E-state index contributed by atoms with van der Waals surface area (Å²) in [7, 11) is 1.77. The number of ether oxygens (including phenoxy) is 1. The summed E-state index contributed by atoms with van der Waals surface area (Å²) >= 11 is 0.885. The smallest absolute Gasteiger partial charge is 0.409 e. The maximum absolute atomic E-state index is 12.0. The van der Waals surface area contributed by atoms with Gasteiger partial charge in [0.1, 0.15) is 36.0 Å². The van der Waals surface area contributed by atoms with Gasteiger partial charge in [-0.25, -0.2) is 4.79 Å². The zero-order chi connectivity index (χ0) is 28.2. The molecule has 1 N–H and O–H groups in total. The van der Waals surface area contributed by atoms with E-state index in [1.54, 1.807) is 23.5 Å². The summed E-state index contributed by atoms with van der Waals surface area (Å²) in [5, 5.41) is 13.7. The molecule has 0 aliphatic carbocycles. The van der Waals surface area contributed by atoms with E-state index >= 15 is 0 Å². The minimum absolute atomic E-state index is 0. The highest BCUT2D eigenvalue weighted by Gasteiger charge is 2.17. The van der Waals surface area contributed by atoms with Gasteiger partial charge in [-0.2, -0.15) is 23.3 Å². The Labute approximate surface area is 243 Å². The van der Waals surface area contributed by atoms with Crippen molar-refractivity contribution in [2.45, 2.75) is 27.4 Å². The summed E-state index contributed by atoms with van der Waals surface area (Å²) < 4.78 is 17.5. The first-order valence-corrected chi connectivity index (χ1v) is 12.6. The van der Waals surface area contributed by atoms with Gasteiger partial charge in [0, 0.05) is 18.3 Å². The van der Waals surface area contributed by atoms with Crippen molar-refractivity contribution in [1.82, 2.24) is 10.6 Å². The lowest BCUT2D eigenvalue weighted by atomic mass is 9.99. The Balaban J connectivity index is 0.00000183. The molecule has 0 aliphatic rings. The van der Waals surface area contributed by atoms with Crippen LogP contribution in [0.3, 0.4) is 0 Å². The Morgan fingerprint density at radius 1 is 1.05 bits per heavy atom. The minimum atomic E-state index is -0.896. The van der Waals surface area contributed by atoms with E-state index in [0.717, 1.165) is 46.1 Å². The molecule has 0 fully saturated rings. The molecule has 13 heteroatoms. The Kier molecular flexibility index (Phi) is 12.8. The summed E-state index contributed by atoms with van der Waals surface area (Å²) in [6.07, 6.45) is -0.861. The second kappa shape index (κ2) is 16.0. The van der Waals surface area contributed by atoms with Crippen molar-refractivity contribution in [1.29, 1.82) is 0 Å². The number of carbonyl (C=O) groups is 1. The lowest BCUT2D eigenvalue weighted by molar-refractivity contribution is -0.763. The van der Waals surface area contributed by atoms with E-state index in [0.29, 0.717) is 5.56 Å². The van der Waals surface area contributed by atoms with Crippen molar-refractivity contribution >= 4 is 37.5 Å². The van der Waals surface area contributed by atoms with Gasteiger partial charge in [0.25, 0.3) is 5.09 Å². The van der Waals surface area contributed by atoms with E-state index in [2.05, 4.69) is 15.5 Å². The lowest BCUT2D eigenvalue weighted by Gasteiger charge is -2.17. The Morgan fingerprint density at radius 3 is 2.42 bits per heavy atom. The van der Waals surface area contributed by atoms with Gasteiger partial charge in [-0.3, -0.25) is 4.31 Å². The van der Waals surface area contributed by atoms with Crippen molar-refractivity contribution in [3.8, 4) is 28.1 Å². The topological polar surface area (TPSA) is 129 Å². The zero-order valence-electron chi connectivity index (χ0n) is 22.3. The Morgan fingerprint density at radius 2 is 1.75 bits per heavy atom. The molecule has 4 rings (SSSR count). The third-order valence-corrected chi connectivity index (χ3v) is 5.74. The number of amides is 1. The normalized spacial score (nSPS) is 9.90. The first-order valence-electron chi connectivity index (χ1n) is 11.9. The number of hydrogen-bond acceptors (Lipinski definition) is 10. The molecule has 0 spiro atoms.